The summed E-state index contributed by atoms with van der Waals surface area (Å²) in [5.74, 6) is 1.00. The van der Waals surface area contributed by atoms with Gasteiger partial charge in [0.25, 0.3) is 0 Å². The van der Waals surface area contributed by atoms with Crippen LogP contribution in [0.4, 0.5) is 5.82 Å². The Labute approximate surface area is 152 Å². The molecule has 1 saturated carbocycles. The van der Waals surface area contributed by atoms with E-state index in [0.717, 1.165) is 25.7 Å². The van der Waals surface area contributed by atoms with Gasteiger partial charge in [0.1, 0.15) is 23.6 Å². The zero-order valence-corrected chi connectivity index (χ0v) is 15.0. The van der Waals surface area contributed by atoms with Crippen LogP contribution >= 0.6 is 11.6 Å². The fourth-order valence-corrected chi connectivity index (χ4v) is 4.19. The van der Waals surface area contributed by atoms with Gasteiger partial charge in [0.05, 0.1) is 6.61 Å². The molecule has 3 atom stereocenters. The number of amides is 1. The normalized spacial score (nSPS) is 25.3. The first-order valence-electron chi connectivity index (χ1n) is 8.63. The SMILES string of the molecule is COCCNC(=O)C1CC2CCCCC2N1c1cc(C#N)nc(Cl)n1. The van der Waals surface area contributed by atoms with Crippen molar-refractivity contribution in [1.82, 2.24) is 15.3 Å². The molecule has 1 aromatic heterocycles. The molecule has 134 valence electrons. The minimum absolute atomic E-state index is 0.0281. The highest BCUT2D eigenvalue weighted by atomic mass is 35.5. The molecular formula is C17H22ClN5O2. The highest BCUT2D eigenvalue weighted by Gasteiger charge is 2.45. The van der Waals surface area contributed by atoms with Crippen LogP contribution in [0.5, 0.6) is 0 Å². The van der Waals surface area contributed by atoms with Gasteiger partial charge in [0, 0.05) is 25.8 Å². The van der Waals surface area contributed by atoms with E-state index in [0.29, 0.717) is 24.9 Å². The molecule has 1 N–H and O–H groups in total. The smallest absolute Gasteiger partial charge is 0.242 e. The molecule has 0 radical (unpaired) electrons. The summed E-state index contributed by atoms with van der Waals surface area (Å²) in [7, 11) is 1.61. The number of methoxy groups -OCH3 is 1. The van der Waals surface area contributed by atoms with Crippen molar-refractivity contribution in [2.75, 3.05) is 25.2 Å². The van der Waals surface area contributed by atoms with Crippen molar-refractivity contribution >= 4 is 23.3 Å². The summed E-state index contributed by atoms with van der Waals surface area (Å²) < 4.78 is 5.00. The lowest BCUT2D eigenvalue weighted by Gasteiger charge is -2.34. The van der Waals surface area contributed by atoms with Crippen LogP contribution in [0.3, 0.4) is 0 Å². The molecule has 0 spiro atoms. The molecule has 1 saturated heterocycles. The highest BCUT2D eigenvalue weighted by Crippen LogP contribution is 2.42. The minimum atomic E-state index is -0.303. The average molecular weight is 364 g/mol. The zero-order valence-electron chi connectivity index (χ0n) is 14.2. The van der Waals surface area contributed by atoms with Gasteiger partial charge in [-0.3, -0.25) is 4.79 Å². The zero-order chi connectivity index (χ0) is 17.8. The Morgan fingerprint density at radius 2 is 2.28 bits per heavy atom. The number of carbonyl (C=O) groups is 1. The fraction of sp³-hybridized carbons (Fsp3) is 0.647. The fourth-order valence-electron chi connectivity index (χ4n) is 4.01. The number of nitrogens with one attached hydrogen (secondary N) is 1. The van der Waals surface area contributed by atoms with Crippen molar-refractivity contribution in [3.8, 4) is 6.07 Å². The third kappa shape index (κ3) is 3.86. The van der Waals surface area contributed by atoms with Crippen LogP contribution in [0.1, 0.15) is 37.8 Å². The van der Waals surface area contributed by atoms with Crippen LogP contribution in [-0.4, -0.2) is 48.2 Å². The molecule has 3 unspecified atom stereocenters. The monoisotopic (exact) mass is 363 g/mol. The number of ether oxygens (including phenoxy) is 1. The maximum atomic E-state index is 12.7. The molecule has 0 aromatic carbocycles. The predicted molar refractivity (Wildman–Crippen MR) is 93.3 cm³/mol. The molecule has 1 aromatic rings. The Kier molecular flexibility index (Phi) is 5.71. The number of carbonyl (C=O) groups excluding carboxylic acids is 1. The van der Waals surface area contributed by atoms with E-state index in [2.05, 4.69) is 20.2 Å². The molecule has 8 heteroatoms. The minimum Gasteiger partial charge on any atom is -0.383 e. The van der Waals surface area contributed by atoms with Crippen molar-refractivity contribution in [2.45, 2.75) is 44.2 Å². The molecule has 25 heavy (non-hydrogen) atoms. The van der Waals surface area contributed by atoms with Crippen LogP contribution in [-0.2, 0) is 9.53 Å². The van der Waals surface area contributed by atoms with E-state index in [9.17, 15) is 4.79 Å². The van der Waals surface area contributed by atoms with E-state index >= 15 is 0 Å². The number of halogens is 1. The Hall–Kier alpha value is -1.91. The summed E-state index contributed by atoms with van der Waals surface area (Å²) in [6.45, 7) is 0.951. The molecule has 1 aliphatic heterocycles. The Morgan fingerprint density at radius 1 is 1.48 bits per heavy atom. The maximum Gasteiger partial charge on any atom is 0.242 e. The number of rotatable bonds is 5. The molecule has 3 rings (SSSR count). The van der Waals surface area contributed by atoms with E-state index in [1.165, 1.54) is 6.42 Å². The summed E-state index contributed by atoms with van der Waals surface area (Å²) in [5, 5.41) is 12.1. The van der Waals surface area contributed by atoms with Crippen molar-refractivity contribution in [1.29, 1.82) is 5.26 Å². The first kappa shape index (κ1) is 17.9. The predicted octanol–water partition coefficient (Wildman–Crippen LogP) is 1.90. The van der Waals surface area contributed by atoms with Gasteiger partial charge >= 0.3 is 0 Å². The standard InChI is InChI=1S/C17H22ClN5O2/c1-25-7-6-20-16(24)14-8-11-4-2-3-5-13(11)23(14)15-9-12(10-19)21-17(18)22-15/h9,11,13-14H,2-8H2,1H3,(H,20,24). The first-order chi connectivity index (χ1) is 12.1. The van der Waals surface area contributed by atoms with Gasteiger partial charge in [0.2, 0.25) is 11.2 Å². The van der Waals surface area contributed by atoms with Gasteiger partial charge in [0.15, 0.2) is 0 Å². The van der Waals surface area contributed by atoms with Gasteiger partial charge in [-0.25, -0.2) is 9.97 Å². The molecule has 0 bridgehead atoms. The first-order valence-corrected chi connectivity index (χ1v) is 9.01. The van der Waals surface area contributed by atoms with Crippen LogP contribution in [0.25, 0.3) is 0 Å². The number of hydrogen-bond donors (Lipinski definition) is 1. The lowest BCUT2D eigenvalue weighted by Crippen LogP contribution is -2.47. The molecular weight excluding hydrogens is 342 g/mol. The number of nitriles is 1. The van der Waals surface area contributed by atoms with Gasteiger partial charge in [-0.05, 0) is 36.8 Å². The third-order valence-electron chi connectivity index (χ3n) is 5.06. The highest BCUT2D eigenvalue weighted by molar-refractivity contribution is 6.28. The average Bonchev–Trinajstić information content (AvgIpc) is 3.01. The van der Waals surface area contributed by atoms with Crippen LogP contribution in [0.15, 0.2) is 6.07 Å². The van der Waals surface area contributed by atoms with Gasteiger partial charge in [-0.15, -0.1) is 0 Å². The summed E-state index contributed by atoms with van der Waals surface area (Å²) in [6.07, 6.45) is 5.27. The molecule has 2 fully saturated rings. The lowest BCUT2D eigenvalue weighted by atomic mass is 9.84. The van der Waals surface area contributed by atoms with E-state index in [-0.39, 0.29) is 29.0 Å². The Bertz CT molecular complexity index is 677. The number of aromatic nitrogens is 2. The molecule has 2 heterocycles. The second kappa shape index (κ2) is 7.98. The second-order valence-electron chi connectivity index (χ2n) is 6.55. The van der Waals surface area contributed by atoms with E-state index in [4.69, 9.17) is 21.6 Å². The van der Waals surface area contributed by atoms with Crippen molar-refractivity contribution < 1.29 is 9.53 Å². The van der Waals surface area contributed by atoms with E-state index in [1.807, 2.05) is 6.07 Å². The van der Waals surface area contributed by atoms with Gasteiger partial charge < -0.3 is 15.0 Å². The summed E-state index contributed by atoms with van der Waals surface area (Å²) in [4.78, 5) is 23.0. The summed E-state index contributed by atoms with van der Waals surface area (Å²) >= 11 is 5.99. The Morgan fingerprint density at radius 3 is 3.04 bits per heavy atom. The molecule has 1 amide bonds. The van der Waals surface area contributed by atoms with Crippen molar-refractivity contribution in [3.63, 3.8) is 0 Å². The molecule has 7 nitrogen and oxygen atoms in total. The van der Waals surface area contributed by atoms with Crippen molar-refractivity contribution in [3.05, 3.63) is 17.0 Å². The summed E-state index contributed by atoms with van der Waals surface area (Å²) in [5.41, 5.74) is 0.216. The van der Waals surface area contributed by atoms with Crippen LogP contribution in [0.2, 0.25) is 5.28 Å². The number of anilines is 1. The van der Waals surface area contributed by atoms with Gasteiger partial charge in [-0.1, -0.05) is 12.8 Å². The van der Waals surface area contributed by atoms with Crippen LogP contribution < -0.4 is 10.2 Å². The number of hydrogen-bond acceptors (Lipinski definition) is 6. The largest absolute Gasteiger partial charge is 0.383 e. The van der Waals surface area contributed by atoms with Gasteiger partial charge in [-0.2, -0.15) is 5.26 Å². The second-order valence-corrected chi connectivity index (χ2v) is 6.88. The van der Waals surface area contributed by atoms with E-state index < -0.39 is 0 Å². The third-order valence-corrected chi connectivity index (χ3v) is 5.23. The summed E-state index contributed by atoms with van der Waals surface area (Å²) in [6, 6.07) is 3.58. The topological polar surface area (TPSA) is 91.1 Å². The maximum absolute atomic E-state index is 12.7. The molecule has 1 aliphatic carbocycles. The number of nitrogens with zero attached hydrogens (tertiary/aromatic N) is 4. The number of fused-ring (bicyclic) bond motifs is 1. The Balaban J connectivity index is 1.89. The van der Waals surface area contributed by atoms with Crippen molar-refractivity contribution in [2.24, 2.45) is 5.92 Å². The lowest BCUT2D eigenvalue weighted by molar-refractivity contribution is -0.122. The quantitative estimate of drug-likeness (QED) is 0.634. The molecule has 2 aliphatic rings. The van der Waals surface area contributed by atoms with Crippen LogP contribution in [0, 0.1) is 17.2 Å². The van der Waals surface area contributed by atoms with E-state index in [1.54, 1.807) is 13.2 Å².